The molecule has 3 aliphatic rings. The minimum atomic E-state index is -1.03. The van der Waals surface area contributed by atoms with Gasteiger partial charge in [-0.2, -0.15) is 0 Å². The van der Waals surface area contributed by atoms with Gasteiger partial charge in [0.15, 0.2) is 0 Å². The van der Waals surface area contributed by atoms with Gasteiger partial charge in [0.2, 0.25) is 0 Å². The molecule has 1 aromatic rings. The third-order valence-electron chi connectivity index (χ3n) is 5.43. The second-order valence-electron chi connectivity index (χ2n) is 7.11. The lowest BCUT2D eigenvalue weighted by Crippen LogP contribution is -2.40. The lowest BCUT2D eigenvalue weighted by Gasteiger charge is -2.21. The van der Waals surface area contributed by atoms with Crippen LogP contribution in [0.3, 0.4) is 0 Å². The molecule has 4 rings (SSSR count). The number of imide groups is 1. The van der Waals surface area contributed by atoms with Crippen molar-refractivity contribution >= 4 is 23.7 Å². The SMILES string of the molecule is O=C(O)[C@H]1CCCN1C(=O)c1ccc2c(c1)C(=O)N(CC1CCCO1)C2=O. The molecule has 2 atom stereocenters. The van der Waals surface area contributed by atoms with Crippen LogP contribution in [0.25, 0.3) is 0 Å². The van der Waals surface area contributed by atoms with Crippen molar-refractivity contribution in [3.63, 3.8) is 0 Å². The van der Waals surface area contributed by atoms with E-state index in [1.54, 1.807) is 0 Å². The highest BCUT2D eigenvalue weighted by Gasteiger charge is 2.39. The number of hydrogen-bond donors (Lipinski definition) is 1. The molecule has 142 valence electrons. The van der Waals surface area contributed by atoms with Crippen molar-refractivity contribution in [2.45, 2.75) is 37.8 Å². The van der Waals surface area contributed by atoms with E-state index in [0.717, 1.165) is 12.8 Å². The first-order valence-electron chi connectivity index (χ1n) is 9.13. The van der Waals surface area contributed by atoms with Crippen molar-refractivity contribution in [3.8, 4) is 0 Å². The van der Waals surface area contributed by atoms with Gasteiger partial charge in [-0.05, 0) is 43.9 Å². The summed E-state index contributed by atoms with van der Waals surface area (Å²) in [7, 11) is 0. The monoisotopic (exact) mass is 372 g/mol. The number of nitrogens with zero attached hydrogens (tertiary/aromatic N) is 2. The minimum Gasteiger partial charge on any atom is -0.480 e. The molecule has 1 aromatic carbocycles. The van der Waals surface area contributed by atoms with Gasteiger partial charge in [0.1, 0.15) is 6.04 Å². The number of carboxylic acid groups (broad SMARTS) is 1. The topological polar surface area (TPSA) is 104 Å². The molecule has 0 spiro atoms. The predicted molar refractivity (Wildman–Crippen MR) is 92.5 cm³/mol. The van der Waals surface area contributed by atoms with Gasteiger partial charge in [-0.25, -0.2) is 4.79 Å². The average Bonchev–Trinajstić information content (AvgIpc) is 3.39. The zero-order valence-electron chi connectivity index (χ0n) is 14.7. The van der Waals surface area contributed by atoms with E-state index in [-0.39, 0.29) is 35.2 Å². The van der Waals surface area contributed by atoms with Crippen molar-refractivity contribution in [2.24, 2.45) is 0 Å². The van der Waals surface area contributed by atoms with E-state index in [0.29, 0.717) is 26.0 Å². The van der Waals surface area contributed by atoms with Crippen LogP contribution in [-0.4, -0.2) is 70.4 Å². The van der Waals surface area contributed by atoms with E-state index in [1.807, 2.05) is 0 Å². The summed E-state index contributed by atoms with van der Waals surface area (Å²) < 4.78 is 5.51. The Labute approximate surface area is 155 Å². The normalized spacial score (nSPS) is 24.6. The van der Waals surface area contributed by atoms with Crippen LogP contribution < -0.4 is 0 Å². The number of likely N-dealkylation sites (tertiary alicyclic amines) is 1. The summed E-state index contributed by atoms with van der Waals surface area (Å²) in [4.78, 5) is 51.8. The highest BCUT2D eigenvalue weighted by molar-refractivity contribution is 6.22. The predicted octanol–water partition coefficient (Wildman–Crippen LogP) is 1.15. The summed E-state index contributed by atoms with van der Waals surface area (Å²) in [6.45, 7) is 1.21. The van der Waals surface area contributed by atoms with Gasteiger partial charge in [-0.3, -0.25) is 19.3 Å². The molecule has 1 unspecified atom stereocenters. The van der Waals surface area contributed by atoms with E-state index in [9.17, 15) is 24.3 Å². The summed E-state index contributed by atoms with van der Waals surface area (Å²) in [5.74, 6) is -2.28. The van der Waals surface area contributed by atoms with E-state index in [4.69, 9.17) is 4.74 Å². The Bertz CT molecular complexity index is 829. The fraction of sp³-hybridized carbons (Fsp3) is 0.474. The molecule has 3 heterocycles. The number of carbonyl (C=O) groups excluding carboxylic acids is 3. The largest absolute Gasteiger partial charge is 0.480 e. The van der Waals surface area contributed by atoms with Gasteiger partial charge in [0.25, 0.3) is 17.7 Å². The smallest absolute Gasteiger partial charge is 0.326 e. The van der Waals surface area contributed by atoms with Crippen molar-refractivity contribution in [2.75, 3.05) is 19.7 Å². The Morgan fingerprint density at radius 3 is 2.59 bits per heavy atom. The number of carbonyl (C=O) groups is 4. The van der Waals surface area contributed by atoms with Crippen molar-refractivity contribution in [3.05, 3.63) is 34.9 Å². The second kappa shape index (κ2) is 6.77. The van der Waals surface area contributed by atoms with E-state index >= 15 is 0 Å². The number of amides is 3. The van der Waals surface area contributed by atoms with Crippen molar-refractivity contribution < 1.29 is 29.0 Å². The molecule has 27 heavy (non-hydrogen) atoms. The summed E-state index contributed by atoms with van der Waals surface area (Å²) >= 11 is 0. The number of ether oxygens (including phenoxy) is 1. The molecule has 0 aromatic heterocycles. The Balaban J connectivity index is 1.57. The average molecular weight is 372 g/mol. The van der Waals surface area contributed by atoms with Crippen LogP contribution in [0.5, 0.6) is 0 Å². The molecular weight excluding hydrogens is 352 g/mol. The quantitative estimate of drug-likeness (QED) is 0.795. The number of hydrogen-bond acceptors (Lipinski definition) is 5. The molecule has 0 radical (unpaired) electrons. The molecule has 3 amide bonds. The molecule has 1 N–H and O–H groups in total. The third-order valence-corrected chi connectivity index (χ3v) is 5.43. The highest BCUT2D eigenvalue weighted by atomic mass is 16.5. The third kappa shape index (κ3) is 2.99. The van der Waals surface area contributed by atoms with Gasteiger partial charge in [-0.15, -0.1) is 0 Å². The Kier molecular flexibility index (Phi) is 4.43. The molecule has 0 bridgehead atoms. The summed E-state index contributed by atoms with van der Waals surface area (Å²) in [6.07, 6.45) is 2.61. The van der Waals surface area contributed by atoms with Crippen molar-refractivity contribution in [1.82, 2.24) is 9.80 Å². The van der Waals surface area contributed by atoms with Gasteiger partial charge in [-0.1, -0.05) is 0 Å². The maximum Gasteiger partial charge on any atom is 0.326 e. The van der Waals surface area contributed by atoms with Gasteiger partial charge in [0, 0.05) is 18.7 Å². The summed E-state index contributed by atoms with van der Waals surface area (Å²) in [5, 5.41) is 9.27. The van der Waals surface area contributed by atoms with Crippen molar-refractivity contribution in [1.29, 1.82) is 0 Å². The lowest BCUT2D eigenvalue weighted by atomic mass is 10.0. The number of fused-ring (bicyclic) bond motifs is 1. The summed E-state index contributed by atoms with van der Waals surface area (Å²) in [5.41, 5.74) is 0.683. The lowest BCUT2D eigenvalue weighted by molar-refractivity contribution is -0.141. The van der Waals surface area contributed by atoms with Gasteiger partial charge >= 0.3 is 5.97 Å². The Morgan fingerprint density at radius 2 is 1.89 bits per heavy atom. The van der Waals surface area contributed by atoms with Crippen LogP contribution in [0.15, 0.2) is 18.2 Å². The molecule has 8 heteroatoms. The highest BCUT2D eigenvalue weighted by Crippen LogP contribution is 2.27. The number of benzene rings is 1. The standard InChI is InChI=1S/C19H20N2O6/c22-16(20-7-1-4-15(20)19(25)26)11-5-6-13-14(9-11)18(24)21(17(13)23)10-12-3-2-8-27-12/h5-6,9,12,15H,1-4,7-8,10H2,(H,25,26)/t12?,15-/m1/s1. The molecule has 0 aliphatic carbocycles. The summed E-state index contributed by atoms with van der Waals surface area (Å²) in [6, 6.07) is 3.52. The van der Waals surface area contributed by atoms with Crippen LogP contribution >= 0.6 is 0 Å². The van der Waals surface area contributed by atoms with Crippen LogP contribution in [0, 0.1) is 0 Å². The molecule has 3 aliphatic heterocycles. The zero-order valence-corrected chi connectivity index (χ0v) is 14.7. The Morgan fingerprint density at radius 1 is 1.11 bits per heavy atom. The number of carboxylic acids is 1. The molecular formula is C19H20N2O6. The number of aliphatic carboxylic acids is 1. The van der Waals surface area contributed by atoms with Gasteiger partial charge in [0.05, 0.1) is 23.8 Å². The molecule has 8 nitrogen and oxygen atoms in total. The zero-order chi connectivity index (χ0) is 19.1. The fourth-order valence-electron chi connectivity index (χ4n) is 4.01. The van der Waals surface area contributed by atoms with Crippen LogP contribution in [0.1, 0.15) is 56.8 Å². The fourth-order valence-corrected chi connectivity index (χ4v) is 4.01. The van der Waals surface area contributed by atoms with E-state index < -0.39 is 23.8 Å². The maximum absolute atomic E-state index is 12.7. The first-order chi connectivity index (χ1) is 13.0. The van der Waals surface area contributed by atoms with Gasteiger partial charge < -0.3 is 14.7 Å². The number of rotatable bonds is 4. The molecule has 2 fully saturated rings. The minimum absolute atomic E-state index is 0.144. The molecule has 0 saturated carbocycles. The van der Waals surface area contributed by atoms with Crippen LogP contribution in [0.4, 0.5) is 0 Å². The first kappa shape index (κ1) is 17.7. The first-order valence-corrected chi connectivity index (χ1v) is 9.13. The van der Waals surface area contributed by atoms with E-state index in [1.165, 1.54) is 28.0 Å². The van der Waals surface area contributed by atoms with Crippen LogP contribution in [-0.2, 0) is 9.53 Å². The Hall–Kier alpha value is -2.74. The molecule has 2 saturated heterocycles. The van der Waals surface area contributed by atoms with E-state index in [2.05, 4.69) is 0 Å². The van der Waals surface area contributed by atoms with Crippen LogP contribution in [0.2, 0.25) is 0 Å². The maximum atomic E-state index is 12.7. The second-order valence-corrected chi connectivity index (χ2v) is 7.11.